The van der Waals surface area contributed by atoms with Crippen LogP contribution in [-0.4, -0.2) is 40.6 Å². The van der Waals surface area contributed by atoms with E-state index in [0.717, 1.165) is 6.42 Å². The highest BCUT2D eigenvalue weighted by atomic mass is 16.4. The van der Waals surface area contributed by atoms with Crippen LogP contribution in [0.4, 0.5) is 4.79 Å². The van der Waals surface area contributed by atoms with Crippen molar-refractivity contribution in [2.45, 2.75) is 45.2 Å². The van der Waals surface area contributed by atoms with Crippen molar-refractivity contribution in [3.8, 4) is 0 Å². The highest BCUT2D eigenvalue weighted by Gasteiger charge is 2.34. The zero-order valence-electron chi connectivity index (χ0n) is 11.1. The monoisotopic (exact) mass is 254 g/mol. The molecule has 1 aliphatic rings. The summed E-state index contributed by atoms with van der Waals surface area (Å²) in [5, 5.41) is 12.0. The van der Waals surface area contributed by atoms with Crippen LogP contribution in [0, 0.1) is 5.92 Å². The number of aliphatic carboxylic acids is 1. The topological polar surface area (TPSA) is 69.6 Å². The maximum Gasteiger partial charge on any atom is 0.326 e. The normalized spacial score (nSPS) is 25.3. The van der Waals surface area contributed by atoms with Gasteiger partial charge in [-0.3, -0.25) is 0 Å². The second-order valence-corrected chi connectivity index (χ2v) is 5.05. The Morgan fingerprint density at radius 1 is 1.61 bits per heavy atom. The zero-order valence-corrected chi connectivity index (χ0v) is 11.1. The van der Waals surface area contributed by atoms with Gasteiger partial charge < -0.3 is 15.3 Å². The Labute approximate surface area is 108 Å². The van der Waals surface area contributed by atoms with Crippen molar-refractivity contribution < 1.29 is 14.7 Å². The zero-order chi connectivity index (χ0) is 13.7. The molecule has 0 spiro atoms. The number of urea groups is 1. The predicted octanol–water partition coefficient (Wildman–Crippen LogP) is 1.85. The molecular formula is C13H22N2O3. The van der Waals surface area contributed by atoms with Crippen molar-refractivity contribution in [3.05, 3.63) is 12.7 Å². The predicted molar refractivity (Wildman–Crippen MR) is 69.3 cm³/mol. The SMILES string of the molecule is C=CCC(C)NC(=O)N1CCC(C)CC1C(=O)O. The highest BCUT2D eigenvalue weighted by Crippen LogP contribution is 2.22. The van der Waals surface area contributed by atoms with Crippen molar-refractivity contribution in [3.63, 3.8) is 0 Å². The van der Waals surface area contributed by atoms with Gasteiger partial charge >= 0.3 is 12.0 Å². The Morgan fingerprint density at radius 3 is 2.83 bits per heavy atom. The highest BCUT2D eigenvalue weighted by molar-refractivity contribution is 5.83. The number of amides is 2. The molecule has 18 heavy (non-hydrogen) atoms. The summed E-state index contributed by atoms with van der Waals surface area (Å²) in [7, 11) is 0. The van der Waals surface area contributed by atoms with Crippen LogP contribution in [0.1, 0.15) is 33.1 Å². The van der Waals surface area contributed by atoms with E-state index >= 15 is 0 Å². The number of carboxylic acid groups (broad SMARTS) is 1. The lowest BCUT2D eigenvalue weighted by Gasteiger charge is -2.36. The van der Waals surface area contributed by atoms with Crippen LogP contribution in [0.3, 0.4) is 0 Å². The lowest BCUT2D eigenvalue weighted by atomic mass is 9.93. The number of nitrogens with zero attached hydrogens (tertiary/aromatic N) is 1. The van der Waals surface area contributed by atoms with Crippen LogP contribution >= 0.6 is 0 Å². The minimum atomic E-state index is -0.923. The second-order valence-electron chi connectivity index (χ2n) is 5.05. The van der Waals surface area contributed by atoms with Crippen LogP contribution in [0.25, 0.3) is 0 Å². The van der Waals surface area contributed by atoms with Gasteiger partial charge in [-0.05, 0) is 32.1 Å². The van der Waals surface area contributed by atoms with Crippen LogP contribution < -0.4 is 5.32 Å². The molecule has 1 heterocycles. The summed E-state index contributed by atoms with van der Waals surface area (Å²) in [5.41, 5.74) is 0. The van der Waals surface area contributed by atoms with Crippen molar-refractivity contribution in [1.29, 1.82) is 0 Å². The number of carbonyl (C=O) groups is 2. The molecule has 102 valence electrons. The van der Waals surface area contributed by atoms with E-state index in [4.69, 9.17) is 0 Å². The molecule has 0 bridgehead atoms. The standard InChI is InChI=1S/C13H22N2O3/c1-4-5-10(3)14-13(18)15-7-6-9(2)8-11(15)12(16)17/h4,9-11H,1,5-8H2,2-3H3,(H,14,18)(H,16,17). The third-order valence-electron chi connectivity index (χ3n) is 3.30. The fourth-order valence-electron chi connectivity index (χ4n) is 2.22. The van der Waals surface area contributed by atoms with E-state index < -0.39 is 12.0 Å². The first kappa shape index (κ1) is 14.5. The molecule has 0 aromatic carbocycles. The van der Waals surface area contributed by atoms with E-state index in [1.165, 1.54) is 4.90 Å². The van der Waals surface area contributed by atoms with E-state index in [-0.39, 0.29) is 12.1 Å². The summed E-state index contributed by atoms with van der Waals surface area (Å²) in [4.78, 5) is 24.6. The minimum Gasteiger partial charge on any atom is -0.480 e. The number of carbonyl (C=O) groups excluding carboxylic acids is 1. The van der Waals surface area contributed by atoms with Crippen LogP contribution in [0.5, 0.6) is 0 Å². The van der Waals surface area contributed by atoms with Crippen LogP contribution in [0.15, 0.2) is 12.7 Å². The maximum absolute atomic E-state index is 12.0. The third kappa shape index (κ3) is 3.75. The number of carboxylic acids is 1. The maximum atomic E-state index is 12.0. The summed E-state index contributed by atoms with van der Waals surface area (Å²) in [6.45, 7) is 8.02. The molecule has 5 nitrogen and oxygen atoms in total. The van der Waals surface area contributed by atoms with Gasteiger partial charge in [-0.1, -0.05) is 13.0 Å². The summed E-state index contributed by atoms with van der Waals surface area (Å²) in [5.74, 6) is -0.575. The molecule has 0 saturated carbocycles. The van der Waals surface area contributed by atoms with Gasteiger partial charge in [0.15, 0.2) is 0 Å². The van der Waals surface area contributed by atoms with Gasteiger partial charge in [0.05, 0.1) is 0 Å². The first-order valence-corrected chi connectivity index (χ1v) is 6.36. The lowest BCUT2D eigenvalue weighted by Crippen LogP contribution is -2.54. The first-order chi connectivity index (χ1) is 8.45. The smallest absolute Gasteiger partial charge is 0.326 e. The third-order valence-corrected chi connectivity index (χ3v) is 3.30. The molecule has 1 aliphatic heterocycles. The van der Waals surface area contributed by atoms with Crippen LogP contribution in [-0.2, 0) is 4.79 Å². The average Bonchev–Trinajstić information content (AvgIpc) is 2.28. The number of likely N-dealkylation sites (tertiary alicyclic amines) is 1. The Bertz CT molecular complexity index is 330. The quantitative estimate of drug-likeness (QED) is 0.752. The summed E-state index contributed by atoms with van der Waals surface area (Å²) in [6.07, 6.45) is 3.79. The molecule has 3 atom stereocenters. The van der Waals surface area contributed by atoms with Crippen molar-refractivity contribution in [1.82, 2.24) is 10.2 Å². The molecule has 2 N–H and O–H groups in total. The number of hydrogen-bond donors (Lipinski definition) is 2. The van der Waals surface area contributed by atoms with Crippen molar-refractivity contribution in [2.24, 2.45) is 5.92 Å². The van der Waals surface area contributed by atoms with E-state index in [0.29, 0.717) is 25.3 Å². The fraction of sp³-hybridized carbons (Fsp3) is 0.692. The van der Waals surface area contributed by atoms with E-state index in [9.17, 15) is 14.7 Å². The largest absolute Gasteiger partial charge is 0.480 e. The molecule has 1 rings (SSSR count). The lowest BCUT2D eigenvalue weighted by molar-refractivity contribution is -0.143. The second kappa shape index (κ2) is 6.42. The average molecular weight is 254 g/mol. The fourth-order valence-corrected chi connectivity index (χ4v) is 2.22. The Morgan fingerprint density at radius 2 is 2.28 bits per heavy atom. The van der Waals surface area contributed by atoms with Gasteiger partial charge in [-0.25, -0.2) is 9.59 Å². The van der Waals surface area contributed by atoms with Crippen molar-refractivity contribution >= 4 is 12.0 Å². The molecule has 0 aliphatic carbocycles. The molecule has 0 radical (unpaired) electrons. The molecule has 0 aromatic rings. The van der Waals surface area contributed by atoms with Gasteiger partial charge in [0.2, 0.25) is 0 Å². The Balaban J connectivity index is 2.64. The van der Waals surface area contributed by atoms with Gasteiger partial charge in [0.1, 0.15) is 6.04 Å². The van der Waals surface area contributed by atoms with E-state index in [1.807, 2.05) is 13.8 Å². The van der Waals surface area contributed by atoms with Gasteiger partial charge in [0, 0.05) is 12.6 Å². The minimum absolute atomic E-state index is 0.0243. The molecular weight excluding hydrogens is 232 g/mol. The van der Waals surface area contributed by atoms with Gasteiger partial charge in [-0.2, -0.15) is 0 Å². The van der Waals surface area contributed by atoms with E-state index in [2.05, 4.69) is 11.9 Å². The molecule has 5 heteroatoms. The van der Waals surface area contributed by atoms with Gasteiger partial charge in [-0.15, -0.1) is 6.58 Å². The summed E-state index contributed by atoms with van der Waals surface area (Å²) in [6, 6.07) is -1.02. The molecule has 3 unspecified atom stereocenters. The van der Waals surface area contributed by atoms with Gasteiger partial charge in [0.25, 0.3) is 0 Å². The number of piperidine rings is 1. The van der Waals surface area contributed by atoms with Crippen molar-refractivity contribution in [2.75, 3.05) is 6.54 Å². The van der Waals surface area contributed by atoms with Crippen LogP contribution in [0.2, 0.25) is 0 Å². The first-order valence-electron chi connectivity index (χ1n) is 6.36. The molecule has 1 fully saturated rings. The number of nitrogens with one attached hydrogen (secondary N) is 1. The summed E-state index contributed by atoms with van der Waals surface area (Å²) >= 11 is 0. The number of rotatable bonds is 4. The molecule has 2 amide bonds. The Hall–Kier alpha value is -1.52. The number of hydrogen-bond acceptors (Lipinski definition) is 2. The molecule has 1 saturated heterocycles. The molecule has 0 aromatic heterocycles. The summed E-state index contributed by atoms with van der Waals surface area (Å²) < 4.78 is 0. The Kier molecular flexibility index (Phi) is 5.19. The van der Waals surface area contributed by atoms with E-state index in [1.54, 1.807) is 6.08 Å².